The van der Waals surface area contributed by atoms with E-state index in [0.29, 0.717) is 17.4 Å². The smallest absolute Gasteiger partial charge is 0.267 e. The molecule has 11 nitrogen and oxygen atoms in total. The van der Waals surface area contributed by atoms with Gasteiger partial charge in [-0.25, -0.2) is 5.10 Å². The van der Waals surface area contributed by atoms with Crippen molar-refractivity contribution in [3.8, 4) is 0 Å². The molecule has 2 aromatic carbocycles. The largest absolute Gasteiger partial charge is 0.329 e. The first-order valence-corrected chi connectivity index (χ1v) is 23.2. The molecule has 4 aromatic heterocycles. The van der Waals surface area contributed by atoms with Gasteiger partial charge < -0.3 is 9.97 Å². The molecule has 2 amide bonds. The topological polar surface area (TPSA) is 171 Å². The zero-order valence-corrected chi connectivity index (χ0v) is 43.8. The number of hydrogen-bond acceptors (Lipinski definition) is 7. The molecule has 4 N–H and O–H groups in total. The fraction of sp³-hybridized carbons (Fsp3) is 0.421. The molecule has 11 heteroatoms. The van der Waals surface area contributed by atoms with Gasteiger partial charge in [-0.3, -0.25) is 34.3 Å². The molecule has 1 aliphatic rings. The lowest BCUT2D eigenvalue weighted by atomic mass is 9.84. The van der Waals surface area contributed by atoms with Crippen LogP contribution in [0.15, 0.2) is 142 Å². The quantitative estimate of drug-likeness (QED) is 0.119. The van der Waals surface area contributed by atoms with Crippen molar-refractivity contribution < 1.29 is 9.59 Å². The molecule has 0 bridgehead atoms. The van der Waals surface area contributed by atoms with E-state index in [1.54, 1.807) is 24.5 Å². The summed E-state index contributed by atoms with van der Waals surface area (Å²) in [5.74, 6) is -0.199. The molecule has 68 heavy (non-hydrogen) atoms. The Balaban J connectivity index is 0.000000281. The molecule has 5 heterocycles. The van der Waals surface area contributed by atoms with Crippen LogP contribution in [-0.2, 0) is 31.2 Å². The van der Waals surface area contributed by atoms with Crippen molar-refractivity contribution in [2.45, 2.75) is 152 Å². The van der Waals surface area contributed by atoms with Crippen molar-refractivity contribution in [1.29, 1.82) is 0 Å². The van der Waals surface area contributed by atoms with Gasteiger partial charge in [0.25, 0.3) is 22.6 Å². The molecule has 1 aliphatic heterocycles. The molecule has 0 fully saturated rings. The van der Waals surface area contributed by atoms with Crippen molar-refractivity contribution in [3.05, 3.63) is 186 Å². The third-order valence-corrected chi connectivity index (χ3v) is 10.4. The third-order valence-electron chi connectivity index (χ3n) is 10.4. The molecule has 0 aliphatic carbocycles. The van der Waals surface area contributed by atoms with E-state index in [1.807, 2.05) is 137 Å². The Bertz CT molecular complexity index is 2600. The van der Waals surface area contributed by atoms with E-state index in [9.17, 15) is 24.0 Å². The van der Waals surface area contributed by atoms with Crippen LogP contribution in [0.25, 0.3) is 10.9 Å². The fourth-order valence-electron chi connectivity index (χ4n) is 6.46. The number of aromatic amines is 3. The van der Waals surface area contributed by atoms with Crippen molar-refractivity contribution in [1.82, 2.24) is 30.5 Å². The zero-order valence-electron chi connectivity index (χ0n) is 43.8. The molecule has 6 aromatic rings. The first-order valence-electron chi connectivity index (χ1n) is 23.2. The molecule has 0 saturated carbocycles. The van der Waals surface area contributed by atoms with Crippen molar-refractivity contribution in [3.63, 3.8) is 0 Å². The van der Waals surface area contributed by atoms with Crippen molar-refractivity contribution >= 4 is 22.7 Å². The van der Waals surface area contributed by atoms with Gasteiger partial charge >= 0.3 is 0 Å². The van der Waals surface area contributed by atoms with Gasteiger partial charge in [-0.15, -0.1) is 0 Å². The Labute approximate surface area is 404 Å². The maximum absolute atomic E-state index is 11.6. The molecule has 0 spiro atoms. The second-order valence-corrected chi connectivity index (χ2v) is 22.0. The molecular weight excluding hydrogens is 849 g/mol. The minimum atomic E-state index is -0.251. The number of carbonyl (C=O) groups excluding carboxylic acids is 2. The van der Waals surface area contributed by atoms with E-state index < -0.39 is 0 Å². The maximum atomic E-state index is 11.6. The van der Waals surface area contributed by atoms with Gasteiger partial charge in [-0.1, -0.05) is 184 Å². The Morgan fingerprint density at radius 2 is 1.12 bits per heavy atom. The fourth-order valence-corrected chi connectivity index (χ4v) is 6.46. The van der Waals surface area contributed by atoms with E-state index in [4.69, 9.17) is 0 Å². The average Bonchev–Trinajstić information content (AvgIpc) is 3.23. The average molecular weight is 927 g/mol. The van der Waals surface area contributed by atoms with E-state index >= 15 is 0 Å². The molecule has 0 saturated heterocycles. The number of benzene rings is 2. The molecule has 366 valence electrons. The number of pyridine rings is 3. The number of H-pyrrole nitrogens is 3. The van der Waals surface area contributed by atoms with Gasteiger partial charge in [-0.05, 0) is 74.9 Å². The van der Waals surface area contributed by atoms with Crippen LogP contribution in [0.5, 0.6) is 0 Å². The molecule has 7 rings (SSSR count). The summed E-state index contributed by atoms with van der Waals surface area (Å²) in [7, 11) is 0. The molecular formula is C57H78N6O5. The predicted molar refractivity (Wildman–Crippen MR) is 281 cm³/mol. The van der Waals surface area contributed by atoms with E-state index in [2.05, 4.69) is 108 Å². The summed E-state index contributed by atoms with van der Waals surface area (Å²) in [5.41, 5.74) is 6.68. The van der Waals surface area contributed by atoms with E-state index in [0.717, 1.165) is 33.3 Å². The highest BCUT2D eigenvalue weighted by Gasteiger charge is 2.27. The van der Waals surface area contributed by atoms with Gasteiger partial charge in [-0.2, -0.15) is 5.10 Å². The van der Waals surface area contributed by atoms with Gasteiger partial charge in [0.2, 0.25) is 5.91 Å². The van der Waals surface area contributed by atoms with Gasteiger partial charge in [0.05, 0.1) is 0 Å². The monoisotopic (exact) mass is 927 g/mol. The standard InChI is InChI=1S/C12H13NO.C10H14.C9H13NO2.C9H13NO.C9H13N.C8H12N2O/c1-8(2)10-7-9-5-3-4-6-11(9)13-12(10)14;1-10(2,3)9-7-5-4-6-8-9;1-9(2,3)6-4-5-7(11)10-8(6)12;1-9(2,3)7-5-4-6-10-8(7)11;1-9(2,3)8-6-4-5-7-10-8;1-8(2,3)6-4-5-9-10-7(6)11/h3-8H,1-2H3,(H,13,14);4-8H,1-3H3;4H,5H2,1-3H3,(H,10,11,12);4-6H,1-3H3,(H,10,11);4-7H,1-3H3;4-5H,1-3H3,(H,10,11). The van der Waals surface area contributed by atoms with Crippen LogP contribution in [0.3, 0.4) is 0 Å². The van der Waals surface area contributed by atoms with Crippen LogP contribution < -0.4 is 22.0 Å². The van der Waals surface area contributed by atoms with Gasteiger partial charge in [0.1, 0.15) is 0 Å². The number of nitrogens with one attached hydrogen (secondary N) is 4. The van der Waals surface area contributed by atoms with Gasteiger partial charge in [0, 0.05) is 63.9 Å². The summed E-state index contributed by atoms with van der Waals surface area (Å²) in [4.78, 5) is 65.8. The Hall–Kier alpha value is -6.49. The second-order valence-electron chi connectivity index (χ2n) is 22.0. The van der Waals surface area contributed by atoms with Crippen LogP contribution in [-0.4, -0.2) is 37.0 Å². The second kappa shape index (κ2) is 25.0. The van der Waals surface area contributed by atoms with Crippen LogP contribution in [0.1, 0.15) is 158 Å². The summed E-state index contributed by atoms with van der Waals surface area (Å²) in [6, 6.07) is 31.8. The number of nitrogens with zero attached hydrogens (tertiary/aromatic N) is 2. The summed E-state index contributed by atoms with van der Waals surface area (Å²) in [5, 5.41) is 9.40. The Kier molecular flexibility index (Phi) is 21.2. The maximum Gasteiger partial charge on any atom is 0.267 e. The summed E-state index contributed by atoms with van der Waals surface area (Å²) in [6.45, 7) is 35.1. The molecule has 0 radical (unpaired) electrons. The highest BCUT2D eigenvalue weighted by Crippen LogP contribution is 2.27. The number of imide groups is 1. The lowest BCUT2D eigenvalue weighted by molar-refractivity contribution is -0.129. The first-order chi connectivity index (χ1) is 31.3. The third kappa shape index (κ3) is 19.8. The van der Waals surface area contributed by atoms with Crippen molar-refractivity contribution in [2.75, 3.05) is 0 Å². The number of para-hydroxylation sites is 1. The SMILES string of the molecule is CC(C)(C)C1=CCC(=O)NC1=O.CC(C)(C)c1ccc[nH]c1=O.CC(C)(C)c1ccccc1.CC(C)(C)c1ccccn1.CC(C)(C)c1ccn[nH]c1=O.CC(C)c1cc2ccccc2[nH]c1=O. The minimum absolute atomic E-state index is 0.0139. The summed E-state index contributed by atoms with van der Waals surface area (Å²) in [6.07, 6.45) is 7.11. The van der Waals surface area contributed by atoms with Crippen LogP contribution in [0, 0.1) is 5.41 Å². The van der Waals surface area contributed by atoms with Gasteiger partial charge in [0.15, 0.2) is 0 Å². The predicted octanol–water partition coefficient (Wildman–Crippen LogP) is 11.8. The van der Waals surface area contributed by atoms with Crippen LogP contribution in [0.4, 0.5) is 0 Å². The number of amides is 2. The minimum Gasteiger partial charge on any atom is -0.329 e. The number of hydrogen-bond donors (Lipinski definition) is 4. The Morgan fingerprint density at radius 1 is 0.544 bits per heavy atom. The zero-order chi connectivity index (χ0) is 51.7. The number of fused-ring (bicyclic) bond motifs is 1. The van der Waals surface area contributed by atoms with Crippen LogP contribution in [0.2, 0.25) is 0 Å². The lowest BCUT2D eigenvalue weighted by Crippen LogP contribution is -2.38. The van der Waals surface area contributed by atoms with Crippen molar-refractivity contribution in [2.24, 2.45) is 5.41 Å². The Morgan fingerprint density at radius 3 is 1.54 bits per heavy atom. The summed E-state index contributed by atoms with van der Waals surface area (Å²) >= 11 is 0. The summed E-state index contributed by atoms with van der Waals surface area (Å²) < 4.78 is 0. The number of aromatic nitrogens is 5. The highest BCUT2D eigenvalue weighted by atomic mass is 16.2. The number of rotatable bonds is 1. The molecule has 0 unspecified atom stereocenters. The lowest BCUT2D eigenvalue weighted by Gasteiger charge is -2.24. The van der Waals surface area contributed by atoms with E-state index in [-0.39, 0.29) is 56.1 Å². The van der Waals surface area contributed by atoms with E-state index in [1.165, 1.54) is 5.56 Å². The number of carbonyl (C=O) groups is 2. The highest BCUT2D eigenvalue weighted by molar-refractivity contribution is 6.08. The van der Waals surface area contributed by atoms with Crippen LogP contribution >= 0.6 is 0 Å². The molecule has 0 atom stereocenters. The normalized spacial score (nSPS) is 12.7. The first kappa shape index (κ1) is 57.6.